The van der Waals surface area contributed by atoms with E-state index in [4.69, 9.17) is 9.47 Å². The second-order valence-corrected chi connectivity index (χ2v) is 14.1. The zero-order valence-corrected chi connectivity index (χ0v) is 30.0. The van der Waals surface area contributed by atoms with E-state index in [1.165, 1.54) is 4.90 Å². The lowest BCUT2D eigenvalue weighted by atomic mass is 9.70. The molecule has 2 bridgehead atoms. The summed E-state index contributed by atoms with van der Waals surface area (Å²) in [7, 11) is 0. The van der Waals surface area contributed by atoms with Crippen molar-refractivity contribution < 1.29 is 33.8 Å². The standard InChI is InChI=1S/C41H53N3O7/c1-5-8-16-25-43(24-7-3)39(48)37-41-23-22-32(51-41)34(35(41)38(47)44(37)31(27-45)26-29-17-12-10-13-18-29)40(49)50-36(30-19-14-11-15-20-30)28(4)42-33(46)21-9-6-2/h6-7,10-15,17-20,28,31-32,34-37,45H,2-3,5,8-9,16,21-27H2,1,4H3,(H,42,46)/t28-,31+,32-,34+,35+,36-,37-,41+/m0/s1. The minimum atomic E-state index is -1.26. The van der Waals surface area contributed by atoms with Crippen molar-refractivity contribution in [1.29, 1.82) is 0 Å². The molecule has 0 unspecified atom stereocenters. The number of nitrogens with zero attached hydrogens (tertiary/aromatic N) is 2. The number of carbonyl (C=O) groups is 4. The fourth-order valence-corrected chi connectivity index (χ4v) is 8.28. The molecule has 3 saturated heterocycles. The summed E-state index contributed by atoms with van der Waals surface area (Å²) >= 11 is 0. The van der Waals surface area contributed by atoms with Crippen LogP contribution in [0.4, 0.5) is 0 Å². The van der Waals surface area contributed by atoms with Gasteiger partial charge in [-0.1, -0.05) is 92.6 Å². The average Bonchev–Trinajstić information content (AvgIpc) is 3.79. The fraction of sp³-hybridized carbons (Fsp3) is 0.512. The monoisotopic (exact) mass is 699 g/mol. The first-order valence-electron chi connectivity index (χ1n) is 18.4. The lowest BCUT2D eigenvalue weighted by Gasteiger charge is -2.39. The number of fused-ring (bicyclic) bond motifs is 1. The van der Waals surface area contributed by atoms with Gasteiger partial charge in [0.05, 0.1) is 36.6 Å². The Morgan fingerprint density at radius 2 is 1.80 bits per heavy atom. The number of unbranched alkanes of at least 4 members (excludes halogenated alkanes) is 2. The van der Waals surface area contributed by atoms with Crippen LogP contribution >= 0.6 is 0 Å². The number of amides is 3. The molecule has 1 spiro atoms. The number of ether oxygens (including phenoxy) is 2. The fourth-order valence-electron chi connectivity index (χ4n) is 8.28. The highest BCUT2D eigenvalue weighted by Crippen LogP contribution is 2.59. The van der Waals surface area contributed by atoms with Crippen molar-refractivity contribution in [3.05, 3.63) is 97.1 Å². The van der Waals surface area contributed by atoms with Gasteiger partial charge in [0.1, 0.15) is 17.7 Å². The minimum Gasteiger partial charge on any atom is -0.455 e. The summed E-state index contributed by atoms with van der Waals surface area (Å²) < 4.78 is 13.0. The third-order valence-corrected chi connectivity index (χ3v) is 10.6. The van der Waals surface area contributed by atoms with Crippen molar-refractivity contribution >= 4 is 23.7 Å². The molecule has 3 aliphatic heterocycles. The number of nitrogens with one attached hydrogen (secondary N) is 1. The van der Waals surface area contributed by atoms with E-state index in [0.717, 1.165) is 24.8 Å². The highest BCUT2D eigenvalue weighted by atomic mass is 16.6. The topological polar surface area (TPSA) is 125 Å². The lowest BCUT2D eigenvalue weighted by molar-refractivity contribution is -0.162. The van der Waals surface area contributed by atoms with Crippen LogP contribution in [0, 0.1) is 11.8 Å². The first-order valence-corrected chi connectivity index (χ1v) is 18.4. The number of likely N-dealkylation sites (tertiary alicyclic amines) is 1. The van der Waals surface area contributed by atoms with Crippen LogP contribution in [0.5, 0.6) is 0 Å². The van der Waals surface area contributed by atoms with E-state index in [0.29, 0.717) is 44.3 Å². The normalized spacial score (nSPS) is 25.1. The van der Waals surface area contributed by atoms with Crippen molar-refractivity contribution in [2.75, 3.05) is 19.7 Å². The number of esters is 1. The zero-order chi connectivity index (χ0) is 36.5. The summed E-state index contributed by atoms with van der Waals surface area (Å²) in [5.74, 6) is -3.39. The predicted octanol–water partition coefficient (Wildman–Crippen LogP) is 4.92. The van der Waals surface area contributed by atoms with Crippen LogP contribution in [-0.2, 0) is 35.1 Å². The molecule has 3 fully saturated rings. The molecule has 3 heterocycles. The average molecular weight is 700 g/mol. The van der Waals surface area contributed by atoms with Crippen LogP contribution in [0.1, 0.15) is 76.0 Å². The molecule has 3 aliphatic rings. The smallest absolute Gasteiger partial charge is 0.313 e. The summed E-state index contributed by atoms with van der Waals surface area (Å²) in [5, 5.41) is 13.8. The van der Waals surface area contributed by atoms with Gasteiger partial charge >= 0.3 is 5.97 Å². The van der Waals surface area contributed by atoms with Gasteiger partial charge in [-0.15, -0.1) is 13.2 Å². The molecule has 2 aromatic rings. The maximum absolute atomic E-state index is 14.8. The molecular formula is C41H53N3O7. The number of rotatable bonds is 19. The first-order chi connectivity index (χ1) is 24.7. The Kier molecular flexibility index (Phi) is 12.9. The summed E-state index contributed by atoms with van der Waals surface area (Å²) in [6, 6.07) is 16.4. The van der Waals surface area contributed by atoms with Gasteiger partial charge in [0.2, 0.25) is 17.7 Å². The Morgan fingerprint density at radius 1 is 1.10 bits per heavy atom. The van der Waals surface area contributed by atoms with E-state index < -0.39 is 53.7 Å². The third-order valence-electron chi connectivity index (χ3n) is 10.6. The second-order valence-electron chi connectivity index (χ2n) is 14.1. The van der Waals surface area contributed by atoms with Crippen LogP contribution in [-0.4, -0.2) is 88.1 Å². The van der Waals surface area contributed by atoms with Crippen molar-refractivity contribution in [3.8, 4) is 0 Å². The highest BCUT2D eigenvalue weighted by molar-refractivity contribution is 5.98. The Bertz CT molecular complexity index is 1530. The maximum Gasteiger partial charge on any atom is 0.313 e. The quantitative estimate of drug-likeness (QED) is 0.121. The van der Waals surface area contributed by atoms with Gasteiger partial charge in [-0.25, -0.2) is 0 Å². The largest absolute Gasteiger partial charge is 0.455 e. The van der Waals surface area contributed by atoms with E-state index in [9.17, 15) is 24.3 Å². The van der Waals surface area contributed by atoms with Gasteiger partial charge < -0.3 is 29.7 Å². The first kappa shape index (κ1) is 38.0. The molecule has 0 aromatic heterocycles. The third kappa shape index (κ3) is 7.97. The SMILES string of the molecule is C=CCCC(=O)N[C@@H](C)[C@H](OC(=O)[C@@H]1[C@@H]2CC[C@]3(O2)[C@H](C(=O)N(CC=C)CCCCC)N([C@@H](CO)Cc2ccccc2)C(=O)[C@@H]13)c1ccccc1. The Balaban J connectivity index is 1.50. The predicted molar refractivity (Wildman–Crippen MR) is 194 cm³/mol. The van der Waals surface area contributed by atoms with E-state index >= 15 is 0 Å². The van der Waals surface area contributed by atoms with Gasteiger partial charge in [0.25, 0.3) is 0 Å². The van der Waals surface area contributed by atoms with E-state index in [1.807, 2.05) is 60.7 Å². The van der Waals surface area contributed by atoms with Gasteiger partial charge in [-0.3, -0.25) is 19.2 Å². The number of allylic oxidation sites excluding steroid dienone is 1. The number of hydrogen-bond acceptors (Lipinski definition) is 7. The van der Waals surface area contributed by atoms with Crippen LogP contribution in [0.3, 0.4) is 0 Å². The number of carbonyl (C=O) groups excluding carboxylic acids is 4. The number of aliphatic hydroxyl groups excluding tert-OH is 1. The highest BCUT2D eigenvalue weighted by Gasteiger charge is 2.75. The molecule has 10 nitrogen and oxygen atoms in total. The summed E-state index contributed by atoms with van der Waals surface area (Å²) in [5.41, 5.74) is 0.347. The molecule has 51 heavy (non-hydrogen) atoms. The van der Waals surface area contributed by atoms with Crippen molar-refractivity contribution in [2.45, 2.75) is 101 Å². The van der Waals surface area contributed by atoms with Gasteiger partial charge in [0.15, 0.2) is 0 Å². The van der Waals surface area contributed by atoms with E-state index in [-0.39, 0.29) is 30.7 Å². The van der Waals surface area contributed by atoms with Crippen molar-refractivity contribution in [1.82, 2.24) is 15.1 Å². The molecule has 274 valence electrons. The Labute approximate surface area is 301 Å². The van der Waals surface area contributed by atoms with Crippen LogP contribution in [0.15, 0.2) is 86.0 Å². The van der Waals surface area contributed by atoms with Crippen LogP contribution in [0.2, 0.25) is 0 Å². The second kappa shape index (κ2) is 17.3. The van der Waals surface area contributed by atoms with Crippen LogP contribution in [0.25, 0.3) is 0 Å². The molecule has 0 radical (unpaired) electrons. The molecule has 0 saturated carbocycles. The Morgan fingerprint density at radius 3 is 2.45 bits per heavy atom. The number of benzene rings is 2. The van der Waals surface area contributed by atoms with Crippen LogP contribution < -0.4 is 5.32 Å². The lowest BCUT2D eigenvalue weighted by Crippen LogP contribution is -2.59. The maximum atomic E-state index is 14.8. The molecule has 5 rings (SSSR count). The van der Waals surface area contributed by atoms with E-state index in [2.05, 4.69) is 25.4 Å². The number of hydrogen-bond donors (Lipinski definition) is 2. The van der Waals surface area contributed by atoms with Crippen molar-refractivity contribution in [3.63, 3.8) is 0 Å². The molecule has 0 aliphatic carbocycles. The Hall–Kier alpha value is -4.28. The summed E-state index contributed by atoms with van der Waals surface area (Å²) in [6.45, 7) is 11.9. The minimum absolute atomic E-state index is 0.193. The molecular weight excluding hydrogens is 646 g/mol. The molecule has 2 aromatic carbocycles. The summed E-state index contributed by atoms with van der Waals surface area (Å²) in [6.07, 6.45) is 6.61. The molecule has 2 N–H and O–H groups in total. The van der Waals surface area contributed by atoms with Gasteiger partial charge in [0, 0.05) is 19.5 Å². The molecule has 10 heteroatoms. The summed E-state index contributed by atoms with van der Waals surface area (Å²) in [4.78, 5) is 60.0. The van der Waals surface area contributed by atoms with Crippen molar-refractivity contribution in [2.24, 2.45) is 11.8 Å². The number of aliphatic hydroxyl groups is 1. The van der Waals surface area contributed by atoms with E-state index in [1.54, 1.807) is 24.0 Å². The van der Waals surface area contributed by atoms with Gasteiger partial charge in [-0.2, -0.15) is 0 Å². The molecule has 8 atom stereocenters. The molecule has 3 amide bonds. The zero-order valence-electron chi connectivity index (χ0n) is 30.0. The van der Waals surface area contributed by atoms with Gasteiger partial charge in [-0.05, 0) is 50.2 Å².